The molecule has 1 heterocycles. The summed E-state index contributed by atoms with van der Waals surface area (Å²) in [5.41, 5.74) is 1.55. The standard InChI is InChI=1S/C20H19ClN2O2S/c1-2-3-11-22-20-23(15-7-5-4-6-8-15)19(25)18(26-20)13-14-9-10-17(24)16(21)12-14/h4-10,12-13,24H,2-3,11H2,1H3/b18-13-,22-20-. The second kappa shape index (κ2) is 8.43. The van der Waals surface area contributed by atoms with Gasteiger partial charge in [0.15, 0.2) is 5.17 Å². The minimum absolute atomic E-state index is 0.0203. The lowest BCUT2D eigenvalue weighted by molar-refractivity contribution is -0.113. The quantitative estimate of drug-likeness (QED) is 0.558. The Morgan fingerprint density at radius 2 is 2.00 bits per heavy atom. The number of nitrogens with zero attached hydrogens (tertiary/aromatic N) is 2. The highest BCUT2D eigenvalue weighted by Gasteiger charge is 2.34. The van der Waals surface area contributed by atoms with Crippen molar-refractivity contribution in [3.8, 4) is 5.75 Å². The molecule has 6 heteroatoms. The number of carbonyl (C=O) groups is 1. The molecule has 1 aliphatic heterocycles. The number of amidine groups is 1. The third-order valence-corrected chi connectivity index (χ3v) is 5.16. The first kappa shape index (κ1) is 18.5. The molecular weight excluding hydrogens is 368 g/mol. The van der Waals surface area contributed by atoms with Crippen molar-refractivity contribution in [1.82, 2.24) is 0 Å². The van der Waals surface area contributed by atoms with Gasteiger partial charge in [-0.3, -0.25) is 14.7 Å². The van der Waals surface area contributed by atoms with E-state index in [1.54, 1.807) is 23.1 Å². The summed E-state index contributed by atoms with van der Waals surface area (Å²) in [4.78, 5) is 19.8. The number of hydrogen-bond acceptors (Lipinski definition) is 4. The Balaban J connectivity index is 1.95. The lowest BCUT2D eigenvalue weighted by Crippen LogP contribution is -2.28. The van der Waals surface area contributed by atoms with Gasteiger partial charge in [0, 0.05) is 6.54 Å². The van der Waals surface area contributed by atoms with E-state index < -0.39 is 0 Å². The molecule has 2 aromatic rings. The normalized spacial score (nSPS) is 17.5. The predicted octanol–water partition coefficient (Wildman–Crippen LogP) is 5.32. The third kappa shape index (κ3) is 4.11. The number of unbranched alkanes of at least 4 members (excludes halogenated alkanes) is 1. The zero-order chi connectivity index (χ0) is 18.5. The summed E-state index contributed by atoms with van der Waals surface area (Å²) in [6, 6.07) is 14.4. The van der Waals surface area contributed by atoms with Gasteiger partial charge in [0.25, 0.3) is 5.91 Å². The van der Waals surface area contributed by atoms with E-state index in [0.717, 1.165) is 24.1 Å². The zero-order valence-corrected chi connectivity index (χ0v) is 15.9. The molecule has 0 unspecified atom stereocenters. The molecule has 1 saturated heterocycles. The third-order valence-electron chi connectivity index (χ3n) is 3.85. The second-order valence-corrected chi connectivity index (χ2v) is 7.23. The van der Waals surface area contributed by atoms with Crippen molar-refractivity contribution in [3.63, 3.8) is 0 Å². The van der Waals surface area contributed by atoms with Gasteiger partial charge in [-0.15, -0.1) is 0 Å². The summed E-state index contributed by atoms with van der Waals surface area (Å²) in [6.07, 6.45) is 3.81. The van der Waals surface area contributed by atoms with Crippen LogP contribution in [-0.4, -0.2) is 22.7 Å². The fourth-order valence-electron chi connectivity index (χ4n) is 2.48. The average molecular weight is 387 g/mol. The molecular formula is C20H19ClN2O2S. The van der Waals surface area contributed by atoms with Gasteiger partial charge in [-0.05, 0) is 54.1 Å². The SMILES string of the molecule is CCCC/N=C1\S/C(=C\c2ccc(O)c(Cl)c2)C(=O)N1c1ccccc1. The van der Waals surface area contributed by atoms with Gasteiger partial charge in [-0.1, -0.05) is 49.2 Å². The molecule has 2 aromatic carbocycles. The summed E-state index contributed by atoms with van der Waals surface area (Å²) in [6.45, 7) is 2.80. The molecule has 1 amide bonds. The molecule has 0 spiro atoms. The number of phenols is 1. The average Bonchev–Trinajstić information content (AvgIpc) is 2.95. The number of hydrogen-bond donors (Lipinski definition) is 1. The number of aromatic hydroxyl groups is 1. The summed E-state index contributed by atoms with van der Waals surface area (Å²) in [5.74, 6) is -0.0902. The molecule has 1 N–H and O–H groups in total. The molecule has 0 saturated carbocycles. The minimum Gasteiger partial charge on any atom is -0.506 e. The van der Waals surface area contributed by atoms with Crippen LogP contribution in [0.4, 0.5) is 5.69 Å². The number of aliphatic imine (C=N–C) groups is 1. The Morgan fingerprint density at radius 1 is 1.23 bits per heavy atom. The summed E-state index contributed by atoms with van der Waals surface area (Å²) < 4.78 is 0. The first-order valence-electron chi connectivity index (χ1n) is 8.42. The molecule has 0 aromatic heterocycles. The Labute approximate surface area is 162 Å². The van der Waals surface area contributed by atoms with Crippen LogP contribution in [0, 0.1) is 0 Å². The maximum Gasteiger partial charge on any atom is 0.271 e. The monoisotopic (exact) mass is 386 g/mol. The van der Waals surface area contributed by atoms with E-state index in [1.165, 1.54) is 17.8 Å². The highest BCUT2D eigenvalue weighted by Crippen LogP contribution is 2.36. The van der Waals surface area contributed by atoms with E-state index in [9.17, 15) is 9.90 Å². The predicted molar refractivity (Wildman–Crippen MR) is 110 cm³/mol. The van der Waals surface area contributed by atoms with Crippen LogP contribution in [0.1, 0.15) is 25.3 Å². The highest BCUT2D eigenvalue weighted by molar-refractivity contribution is 8.19. The van der Waals surface area contributed by atoms with Gasteiger partial charge in [0.1, 0.15) is 5.75 Å². The van der Waals surface area contributed by atoms with Crippen molar-refractivity contribution in [1.29, 1.82) is 0 Å². The first-order chi connectivity index (χ1) is 12.6. The molecule has 1 aliphatic rings. The lowest BCUT2D eigenvalue weighted by atomic mass is 10.2. The highest BCUT2D eigenvalue weighted by atomic mass is 35.5. The van der Waals surface area contributed by atoms with Gasteiger partial charge >= 0.3 is 0 Å². The van der Waals surface area contributed by atoms with Crippen LogP contribution in [0.5, 0.6) is 5.75 Å². The van der Waals surface area contributed by atoms with Gasteiger partial charge in [0.2, 0.25) is 0 Å². The smallest absolute Gasteiger partial charge is 0.271 e. The largest absolute Gasteiger partial charge is 0.506 e. The van der Waals surface area contributed by atoms with E-state index in [-0.39, 0.29) is 16.7 Å². The zero-order valence-electron chi connectivity index (χ0n) is 14.4. The Hall–Kier alpha value is -2.24. The van der Waals surface area contributed by atoms with Crippen LogP contribution in [0.3, 0.4) is 0 Å². The summed E-state index contributed by atoms with van der Waals surface area (Å²) in [5, 5.41) is 10.5. The van der Waals surface area contributed by atoms with Crippen molar-refractivity contribution in [3.05, 3.63) is 64.0 Å². The van der Waals surface area contributed by atoms with Gasteiger partial charge in [0.05, 0.1) is 15.6 Å². The number of carbonyl (C=O) groups excluding carboxylic acids is 1. The van der Waals surface area contributed by atoms with Crippen molar-refractivity contribution in [2.75, 3.05) is 11.4 Å². The number of halogens is 1. The lowest BCUT2D eigenvalue weighted by Gasteiger charge is -2.15. The van der Waals surface area contributed by atoms with Crippen LogP contribution in [-0.2, 0) is 4.79 Å². The fraction of sp³-hybridized carbons (Fsp3) is 0.200. The Kier molecular flexibility index (Phi) is 6.01. The van der Waals surface area contributed by atoms with Gasteiger partial charge < -0.3 is 5.11 Å². The number of anilines is 1. The van der Waals surface area contributed by atoms with Crippen LogP contribution in [0.15, 0.2) is 58.4 Å². The molecule has 4 nitrogen and oxygen atoms in total. The van der Waals surface area contributed by atoms with Crippen LogP contribution >= 0.6 is 23.4 Å². The molecule has 0 radical (unpaired) electrons. The number of benzene rings is 2. The van der Waals surface area contributed by atoms with E-state index >= 15 is 0 Å². The van der Waals surface area contributed by atoms with Crippen molar-refractivity contribution >= 4 is 46.2 Å². The van der Waals surface area contributed by atoms with Crippen LogP contribution in [0.25, 0.3) is 6.08 Å². The fourth-order valence-corrected chi connectivity index (χ4v) is 3.68. The molecule has 3 rings (SSSR count). The van der Waals surface area contributed by atoms with Crippen molar-refractivity contribution in [2.24, 2.45) is 4.99 Å². The maximum atomic E-state index is 13.0. The van der Waals surface area contributed by atoms with Crippen LogP contribution < -0.4 is 4.90 Å². The Bertz CT molecular complexity index is 865. The molecule has 0 aliphatic carbocycles. The Morgan fingerprint density at radius 3 is 2.69 bits per heavy atom. The number of amides is 1. The number of rotatable bonds is 5. The second-order valence-electron chi connectivity index (χ2n) is 5.82. The van der Waals surface area contributed by atoms with Gasteiger partial charge in [-0.2, -0.15) is 0 Å². The van der Waals surface area contributed by atoms with Crippen LogP contribution in [0.2, 0.25) is 5.02 Å². The molecule has 26 heavy (non-hydrogen) atoms. The maximum absolute atomic E-state index is 13.0. The van der Waals surface area contributed by atoms with E-state index in [0.29, 0.717) is 16.6 Å². The minimum atomic E-state index is -0.111. The summed E-state index contributed by atoms with van der Waals surface area (Å²) >= 11 is 7.33. The number of thioether (sulfide) groups is 1. The topological polar surface area (TPSA) is 52.9 Å². The van der Waals surface area contributed by atoms with E-state index in [1.807, 2.05) is 30.3 Å². The number of phenolic OH excluding ortho intramolecular Hbond substituents is 1. The summed E-state index contributed by atoms with van der Waals surface area (Å²) in [7, 11) is 0. The van der Waals surface area contributed by atoms with E-state index in [2.05, 4.69) is 11.9 Å². The van der Waals surface area contributed by atoms with E-state index in [4.69, 9.17) is 11.6 Å². The molecule has 134 valence electrons. The van der Waals surface area contributed by atoms with Crippen molar-refractivity contribution in [2.45, 2.75) is 19.8 Å². The molecule has 0 bridgehead atoms. The number of para-hydroxylation sites is 1. The first-order valence-corrected chi connectivity index (χ1v) is 9.61. The molecule has 0 atom stereocenters. The van der Waals surface area contributed by atoms with Gasteiger partial charge in [-0.25, -0.2) is 0 Å². The van der Waals surface area contributed by atoms with Crippen molar-refractivity contribution < 1.29 is 9.90 Å². The molecule has 1 fully saturated rings.